The summed E-state index contributed by atoms with van der Waals surface area (Å²) in [7, 11) is 0. The normalized spacial score (nSPS) is 32.9. The second kappa shape index (κ2) is 9.29. The lowest BCUT2D eigenvalue weighted by Gasteiger charge is -2.38. The van der Waals surface area contributed by atoms with Gasteiger partial charge in [-0.25, -0.2) is 0 Å². The Morgan fingerprint density at radius 1 is 0.783 bits per heavy atom. The first-order valence-corrected chi connectivity index (χ1v) is 9.62. The van der Waals surface area contributed by atoms with Gasteiger partial charge in [0.25, 0.3) is 0 Å². The zero-order valence-electron chi connectivity index (χ0n) is 14.5. The SMILES string of the molecule is CCOCCC1CCC(C2CCC(CCC(F)(F)F)CC2)CC1. The fourth-order valence-corrected chi connectivity index (χ4v) is 4.66. The molecule has 0 heterocycles. The average Bonchev–Trinajstić information content (AvgIpc) is 2.54. The summed E-state index contributed by atoms with van der Waals surface area (Å²) < 4.78 is 42.4. The van der Waals surface area contributed by atoms with E-state index < -0.39 is 12.6 Å². The van der Waals surface area contributed by atoms with Crippen molar-refractivity contribution in [2.24, 2.45) is 23.7 Å². The van der Waals surface area contributed by atoms with Crippen LogP contribution >= 0.6 is 0 Å². The first-order valence-electron chi connectivity index (χ1n) is 9.62. The van der Waals surface area contributed by atoms with Crippen LogP contribution < -0.4 is 0 Å². The summed E-state index contributed by atoms with van der Waals surface area (Å²) in [6.45, 7) is 3.75. The quantitative estimate of drug-likeness (QED) is 0.492. The second-order valence-electron chi connectivity index (χ2n) is 7.70. The molecule has 2 saturated carbocycles. The molecular formula is C19H33F3O. The highest BCUT2D eigenvalue weighted by Gasteiger charge is 2.33. The van der Waals surface area contributed by atoms with Crippen LogP contribution in [-0.4, -0.2) is 19.4 Å². The standard InChI is InChI=1S/C19H33F3O/c1-2-23-14-12-16-5-9-18(10-6-16)17-7-3-15(4-8-17)11-13-19(20,21)22/h15-18H,2-14H2,1H3. The molecule has 0 atom stereocenters. The van der Waals surface area contributed by atoms with Crippen LogP contribution in [0.4, 0.5) is 13.2 Å². The molecule has 0 aromatic carbocycles. The molecule has 2 aliphatic carbocycles. The van der Waals surface area contributed by atoms with Gasteiger partial charge in [0.2, 0.25) is 0 Å². The Hall–Kier alpha value is -0.250. The van der Waals surface area contributed by atoms with Gasteiger partial charge in [-0.2, -0.15) is 13.2 Å². The number of hydrogen-bond acceptors (Lipinski definition) is 1. The van der Waals surface area contributed by atoms with Crippen LogP contribution in [0.1, 0.15) is 77.6 Å². The molecule has 2 rings (SSSR count). The van der Waals surface area contributed by atoms with Crippen molar-refractivity contribution in [2.45, 2.75) is 83.7 Å². The van der Waals surface area contributed by atoms with Gasteiger partial charge < -0.3 is 4.74 Å². The van der Waals surface area contributed by atoms with E-state index in [1.165, 1.54) is 32.1 Å². The number of rotatable bonds is 7. The van der Waals surface area contributed by atoms with Gasteiger partial charge in [-0.1, -0.05) is 25.7 Å². The predicted octanol–water partition coefficient (Wildman–Crippen LogP) is 6.37. The van der Waals surface area contributed by atoms with Gasteiger partial charge in [0, 0.05) is 19.6 Å². The summed E-state index contributed by atoms with van der Waals surface area (Å²) in [5.41, 5.74) is 0. The van der Waals surface area contributed by atoms with Crippen LogP contribution in [0.2, 0.25) is 0 Å². The fraction of sp³-hybridized carbons (Fsp3) is 1.00. The van der Waals surface area contributed by atoms with Crippen molar-refractivity contribution in [3.8, 4) is 0 Å². The smallest absolute Gasteiger partial charge is 0.382 e. The molecule has 0 aromatic rings. The molecule has 0 saturated heterocycles. The van der Waals surface area contributed by atoms with Crippen LogP contribution in [0.3, 0.4) is 0 Å². The molecule has 1 nitrogen and oxygen atoms in total. The summed E-state index contributed by atoms with van der Waals surface area (Å²) in [4.78, 5) is 0. The molecule has 0 radical (unpaired) electrons. The number of halogens is 3. The Balaban J connectivity index is 1.61. The van der Waals surface area contributed by atoms with Crippen LogP contribution in [0.15, 0.2) is 0 Å². The van der Waals surface area contributed by atoms with E-state index in [4.69, 9.17) is 4.74 Å². The molecule has 0 aromatic heterocycles. The van der Waals surface area contributed by atoms with E-state index in [9.17, 15) is 13.2 Å². The molecule has 2 fully saturated rings. The molecular weight excluding hydrogens is 301 g/mol. The third-order valence-corrected chi connectivity index (χ3v) is 6.16. The van der Waals surface area contributed by atoms with Crippen molar-refractivity contribution in [1.29, 1.82) is 0 Å². The molecule has 23 heavy (non-hydrogen) atoms. The Labute approximate surface area is 139 Å². The van der Waals surface area contributed by atoms with Crippen molar-refractivity contribution < 1.29 is 17.9 Å². The summed E-state index contributed by atoms with van der Waals surface area (Å²) in [6, 6.07) is 0. The van der Waals surface area contributed by atoms with Gasteiger partial charge in [0.05, 0.1) is 0 Å². The van der Waals surface area contributed by atoms with E-state index >= 15 is 0 Å². The first kappa shape index (κ1) is 19.1. The molecule has 0 aliphatic heterocycles. The minimum Gasteiger partial charge on any atom is -0.382 e. The maximum atomic E-state index is 12.3. The molecule has 2 aliphatic rings. The maximum absolute atomic E-state index is 12.3. The van der Waals surface area contributed by atoms with Crippen molar-refractivity contribution in [1.82, 2.24) is 0 Å². The van der Waals surface area contributed by atoms with E-state index in [0.717, 1.165) is 56.7 Å². The highest BCUT2D eigenvalue weighted by molar-refractivity contribution is 4.82. The first-order chi connectivity index (χ1) is 11.0. The third-order valence-electron chi connectivity index (χ3n) is 6.16. The Kier molecular flexibility index (Phi) is 7.71. The third kappa shape index (κ3) is 7.03. The summed E-state index contributed by atoms with van der Waals surface area (Å²) in [6.07, 6.45) is 6.65. The highest BCUT2D eigenvalue weighted by Crippen LogP contribution is 2.43. The average molecular weight is 334 g/mol. The largest absolute Gasteiger partial charge is 0.389 e. The van der Waals surface area contributed by atoms with E-state index in [1.54, 1.807) is 0 Å². The number of ether oxygens (including phenoxy) is 1. The zero-order valence-corrected chi connectivity index (χ0v) is 14.5. The lowest BCUT2D eigenvalue weighted by molar-refractivity contribution is -0.138. The summed E-state index contributed by atoms with van der Waals surface area (Å²) in [5, 5.41) is 0. The molecule has 0 unspecified atom stereocenters. The van der Waals surface area contributed by atoms with Gasteiger partial charge >= 0.3 is 6.18 Å². The second-order valence-corrected chi connectivity index (χ2v) is 7.70. The number of hydrogen-bond donors (Lipinski definition) is 0. The highest BCUT2D eigenvalue weighted by atomic mass is 19.4. The van der Waals surface area contributed by atoms with Crippen molar-refractivity contribution in [2.75, 3.05) is 13.2 Å². The van der Waals surface area contributed by atoms with Crippen LogP contribution in [0.25, 0.3) is 0 Å². The van der Waals surface area contributed by atoms with Crippen LogP contribution in [-0.2, 0) is 4.74 Å². The lowest BCUT2D eigenvalue weighted by atomic mass is 9.68. The molecule has 0 spiro atoms. The predicted molar refractivity (Wildman–Crippen MR) is 87.3 cm³/mol. The van der Waals surface area contributed by atoms with Crippen molar-refractivity contribution in [3.05, 3.63) is 0 Å². The van der Waals surface area contributed by atoms with E-state index in [0.29, 0.717) is 12.3 Å². The lowest BCUT2D eigenvalue weighted by Crippen LogP contribution is -2.26. The van der Waals surface area contributed by atoms with E-state index in [1.807, 2.05) is 6.92 Å². The van der Waals surface area contributed by atoms with E-state index in [2.05, 4.69) is 0 Å². The van der Waals surface area contributed by atoms with Gasteiger partial charge in [0.1, 0.15) is 0 Å². The topological polar surface area (TPSA) is 9.23 Å². The molecule has 4 heteroatoms. The monoisotopic (exact) mass is 334 g/mol. The van der Waals surface area contributed by atoms with Gasteiger partial charge in [-0.3, -0.25) is 0 Å². The minimum absolute atomic E-state index is 0.315. The maximum Gasteiger partial charge on any atom is 0.389 e. The minimum atomic E-state index is -3.98. The van der Waals surface area contributed by atoms with Crippen molar-refractivity contribution in [3.63, 3.8) is 0 Å². The van der Waals surface area contributed by atoms with Crippen LogP contribution in [0.5, 0.6) is 0 Å². The summed E-state index contributed by atoms with van der Waals surface area (Å²) in [5.74, 6) is 2.77. The zero-order chi connectivity index (χ0) is 16.7. The van der Waals surface area contributed by atoms with Crippen LogP contribution in [0, 0.1) is 23.7 Å². The van der Waals surface area contributed by atoms with Gasteiger partial charge in [0.15, 0.2) is 0 Å². The van der Waals surface area contributed by atoms with Gasteiger partial charge in [-0.05, 0) is 69.1 Å². The Bertz CT molecular complexity index is 313. The summed E-state index contributed by atoms with van der Waals surface area (Å²) >= 11 is 0. The molecule has 0 bridgehead atoms. The van der Waals surface area contributed by atoms with Crippen molar-refractivity contribution >= 4 is 0 Å². The number of alkyl halides is 3. The van der Waals surface area contributed by atoms with Gasteiger partial charge in [-0.15, -0.1) is 0 Å². The Morgan fingerprint density at radius 2 is 1.26 bits per heavy atom. The molecule has 0 N–H and O–H groups in total. The molecule has 0 amide bonds. The Morgan fingerprint density at radius 3 is 1.70 bits per heavy atom. The van der Waals surface area contributed by atoms with E-state index in [-0.39, 0.29) is 0 Å². The fourth-order valence-electron chi connectivity index (χ4n) is 4.66. The molecule has 136 valence electrons.